The van der Waals surface area contributed by atoms with Gasteiger partial charge in [0.2, 0.25) is 0 Å². The molecule has 0 amide bonds. The second kappa shape index (κ2) is 13.4. The van der Waals surface area contributed by atoms with Gasteiger partial charge in [-0.3, -0.25) is 0 Å². The molecule has 2 heteroatoms. The number of fused-ring (bicyclic) bond motifs is 4. The topological polar surface area (TPSA) is 16.4 Å². The first-order chi connectivity index (χ1) is 26.8. The van der Waals surface area contributed by atoms with Crippen LogP contribution in [0, 0.1) is 0 Å². The molecule has 0 aliphatic carbocycles. The molecule has 1 aromatic heterocycles. The van der Waals surface area contributed by atoms with Gasteiger partial charge in [0.15, 0.2) is 5.58 Å². The average molecular weight is 690 g/mol. The summed E-state index contributed by atoms with van der Waals surface area (Å²) in [5.74, 6) is 0. The Morgan fingerprint density at radius 2 is 0.926 bits per heavy atom. The van der Waals surface area contributed by atoms with Crippen molar-refractivity contribution < 1.29 is 4.42 Å². The van der Waals surface area contributed by atoms with E-state index < -0.39 is 0 Å². The van der Waals surface area contributed by atoms with Crippen LogP contribution in [0.25, 0.3) is 77.2 Å². The molecule has 0 saturated heterocycles. The van der Waals surface area contributed by atoms with E-state index in [9.17, 15) is 0 Å². The van der Waals surface area contributed by atoms with Crippen LogP contribution in [0.15, 0.2) is 217 Å². The van der Waals surface area contributed by atoms with Gasteiger partial charge in [0, 0.05) is 22.1 Å². The Morgan fingerprint density at radius 1 is 0.333 bits per heavy atom. The Kier molecular flexibility index (Phi) is 7.85. The van der Waals surface area contributed by atoms with Crippen LogP contribution in [-0.2, 0) is 0 Å². The maximum Gasteiger partial charge on any atom is 0.159 e. The van der Waals surface area contributed by atoms with Gasteiger partial charge in [0.05, 0.1) is 5.69 Å². The van der Waals surface area contributed by atoms with E-state index in [1.165, 1.54) is 49.7 Å². The van der Waals surface area contributed by atoms with Crippen molar-refractivity contribution in [3.8, 4) is 44.5 Å². The molecular weight excluding hydrogens is 655 g/mol. The fraction of sp³-hybridized carbons (Fsp3) is 0. The third kappa shape index (κ3) is 5.62. The van der Waals surface area contributed by atoms with Gasteiger partial charge in [0.25, 0.3) is 0 Å². The van der Waals surface area contributed by atoms with E-state index in [2.05, 4.69) is 217 Å². The molecule has 254 valence electrons. The van der Waals surface area contributed by atoms with Crippen molar-refractivity contribution >= 4 is 49.8 Å². The fourth-order valence-electron chi connectivity index (χ4n) is 7.86. The van der Waals surface area contributed by atoms with Gasteiger partial charge in [0.1, 0.15) is 5.58 Å². The van der Waals surface area contributed by atoms with Crippen LogP contribution in [0.1, 0.15) is 0 Å². The van der Waals surface area contributed by atoms with E-state index in [1.54, 1.807) is 0 Å². The van der Waals surface area contributed by atoms with E-state index >= 15 is 0 Å². The first-order valence-electron chi connectivity index (χ1n) is 18.4. The Balaban J connectivity index is 1.19. The summed E-state index contributed by atoms with van der Waals surface area (Å²) in [5, 5.41) is 4.69. The predicted octanol–water partition coefficient (Wildman–Crippen LogP) is 14.9. The quantitative estimate of drug-likeness (QED) is 0.166. The Hall–Kier alpha value is -7.16. The Morgan fingerprint density at radius 3 is 1.65 bits per heavy atom. The van der Waals surface area contributed by atoms with Crippen LogP contribution in [0.3, 0.4) is 0 Å². The normalized spacial score (nSPS) is 11.3. The van der Waals surface area contributed by atoms with Crippen molar-refractivity contribution in [1.82, 2.24) is 0 Å². The minimum Gasteiger partial charge on any atom is -0.454 e. The molecule has 0 N–H and O–H groups in total. The minimum atomic E-state index is 0.850. The van der Waals surface area contributed by atoms with E-state index in [1.807, 2.05) is 0 Å². The smallest absolute Gasteiger partial charge is 0.159 e. The van der Waals surface area contributed by atoms with E-state index in [0.29, 0.717) is 0 Å². The van der Waals surface area contributed by atoms with Crippen LogP contribution in [0.5, 0.6) is 0 Å². The molecule has 9 aromatic carbocycles. The number of hydrogen-bond donors (Lipinski definition) is 0. The van der Waals surface area contributed by atoms with E-state index in [4.69, 9.17) is 4.42 Å². The molecule has 0 aliphatic rings. The Bertz CT molecular complexity index is 2910. The van der Waals surface area contributed by atoms with Crippen molar-refractivity contribution in [3.05, 3.63) is 212 Å². The van der Waals surface area contributed by atoms with Crippen molar-refractivity contribution in [2.75, 3.05) is 4.90 Å². The van der Waals surface area contributed by atoms with Gasteiger partial charge in [-0.25, -0.2) is 0 Å². The highest BCUT2D eigenvalue weighted by Crippen LogP contribution is 2.46. The summed E-state index contributed by atoms with van der Waals surface area (Å²) in [6.07, 6.45) is 0. The Labute approximate surface area is 314 Å². The van der Waals surface area contributed by atoms with Gasteiger partial charge in [-0.1, -0.05) is 170 Å². The summed E-state index contributed by atoms with van der Waals surface area (Å²) in [4.78, 5) is 2.35. The molecular formula is C52H35NO. The molecule has 0 unspecified atom stereocenters. The number of hydrogen-bond acceptors (Lipinski definition) is 2. The standard InChI is InChI=1S/C52H35NO/c1-4-15-38(16-5-1)45-33-32-44(35-48(45)40-19-8-3-9-20-40)53(43-30-28-37(29-31-43)42-27-26-36-14-10-11-21-41(36)34-42)49-24-12-23-47-51-46(39-17-6-2-7-18-39)22-13-25-50(51)54-52(47)49/h1-35H. The summed E-state index contributed by atoms with van der Waals surface area (Å²) < 4.78 is 6.87. The number of nitrogens with zero attached hydrogens (tertiary/aromatic N) is 1. The lowest BCUT2D eigenvalue weighted by atomic mass is 9.93. The van der Waals surface area contributed by atoms with Crippen molar-refractivity contribution in [2.45, 2.75) is 0 Å². The van der Waals surface area contributed by atoms with Gasteiger partial charge in [-0.15, -0.1) is 0 Å². The zero-order valence-electron chi connectivity index (χ0n) is 29.6. The molecule has 0 bridgehead atoms. The molecule has 1 heterocycles. The molecule has 0 spiro atoms. The largest absolute Gasteiger partial charge is 0.454 e. The van der Waals surface area contributed by atoms with Crippen LogP contribution < -0.4 is 4.90 Å². The lowest BCUT2D eigenvalue weighted by Gasteiger charge is -2.27. The van der Waals surface area contributed by atoms with Gasteiger partial charge < -0.3 is 9.32 Å². The second-order valence-corrected chi connectivity index (χ2v) is 13.7. The number of anilines is 3. The average Bonchev–Trinajstić information content (AvgIpc) is 3.65. The van der Waals surface area contributed by atoms with Crippen LogP contribution >= 0.6 is 0 Å². The lowest BCUT2D eigenvalue weighted by molar-refractivity contribution is 0.669. The SMILES string of the molecule is c1ccc(-c2ccc(N(c3ccc(-c4ccc5ccccc5c4)cc3)c3cccc4c3oc3cccc(-c5ccccc5)c34)cc2-c2ccccc2)cc1. The molecule has 2 nitrogen and oxygen atoms in total. The summed E-state index contributed by atoms with van der Waals surface area (Å²) in [7, 11) is 0. The van der Waals surface area contributed by atoms with Crippen LogP contribution in [0.4, 0.5) is 17.1 Å². The van der Waals surface area contributed by atoms with Gasteiger partial charge in [-0.05, 0) is 97.7 Å². The molecule has 0 saturated carbocycles. The highest BCUT2D eigenvalue weighted by Gasteiger charge is 2.22. The maximum atomic E-state index is 6.87. The number of furan rings is 1. The zero-order chi connectivity index (χ0) is 35.8. The third-order valence-corrected chi connectivity index (χ3v) is 10.5. The third-order valence-electron chi connectivity index (χ3n) is 10.5. The predicted molar refractivity (Wildman–Crippen MR) is 228 cm³/mol. The minimum absolute atomic E-state index is 0.850. The molecule has 10 aromatic rings. The molecule has 0 aliphatic heterocycles. The van der Waals surface area contributed by atoms with Crippen LogP contribution in [0.2, 0.25) is 0 Å². The maximum absolute atomic E-state index is 6.87. The van der Waals surface area contributed by atoms with Gasteiger partial charge >= 0.3 is 0 Å². The van der Waals surface area contributed by atoms with Crippen LogP contribution in [-0.4, -0.2) is 0 Å². The summed E-state index contributed by atoms with van der Waals surface area (Å²) >= 11 is 0. The molecule has 10 rings (SSSR count). The fourth-order valence-corrected chi connectivity index (χ4v) is 7.86. The number of para-hydroxylation sites is 1. The molecule has 54 heavy (non-hydrogen) atoms. The number of rotatable bonds is 7. The lowest BCUT2D eigenvalue weighted by Crippen LogP contribution is -2.10. The zero-order valence-corrected chi connectivity index (χ0v) is 29.6. The highest BCUT2D eigenvalue weighted by molar-refractivity contribution is 6.16. The monoisotopic (exact) mass is 689 g/mol. The van der Waals surface area contributed by atoms with E-state index in [-0.39, 0.29) is 0 Å². The van der Waals surface area contributed by atoms with Gasteiger partial charge in [-0.2, -0.15) is 0 Å². The van der Waals surface area contributed by atoms with Crippen molar-refractivity contribution in [1.29, 1.82) is 0 Å². The summed E-state index contributed by atoms with van der Waals surface area (Å²) in [6, 6.07) is 75.8. The first kappa shape index (κ1) is 31.6. The molecule has 0 fully saturated rings. The van der Waals surface area contributed by atoms with Crippen molar-refractivity contribution in [3.63, 3.8) is 0 Å². The van der Waals surface area contributed by atoms with Crippen molar-refractivity contribution in [2.24, 2.45) is 0 Å². The molecule has 0 atom stereocenters. The number of benzene rings is 9. The molecule has 0 radical (unpaired) electrons. The highest BCUT2D eigenvalue weighted by atomic mass is 16.3. The van der Waals surface area contributed by atoms with E-state index in [0.717, 1.165) is 44.6 Å². The first-order valence-corrected chi connectivity index (χ1v) is 18.4. The second-order valence-electron chi connectivity index (χ2n) is 13.7. The summed E-state index contributed by atoms with van der Waals surface area (Å²) in [6.45, 7) is 0. The summed E-state index contributed by atoms with van der Waals surface area (Å²) in [5.41, 5.74) is 14.2.